The molecular formula is C23H42O4Si. The number of carbonyl (C=O) groups excluding carboxylic acids is 1. The van der Waals surface area contributed by atoms with Gasteiger partial charge in [-0.25, -0.2) is 0 Å². The fraction of sp³-hybridized carbons (Fsp3) is 0.870. The van der Waals surface area contributed by atoms with Crippen LogP contribution in [0.15, 0.2) is 12.2 Å². The molecule has 0 aromatic carbocycles. The zero-order valence-electron chi connectivity index (χ0n) is 19.2. The van der Waals surface area contributed by atoms with Gasteiger partial charge in [0, 0.05) is 22.9 Å². The molecule has 1 saturated heterocycles. The van der Waals surface area contributed by atoms with Crippen molar-refractivity contribution in [1.82, 2.24) is 0 Å². The van der Waals surface area contributed by atoms with Crippen molar-refractivity contribution >= 4 is 14.3 Å². The molecule has 0 bridgehead atoms. The van der Waals surface area contributed by atoms with Gasteiger partial charge in [0.05, 0.1) is 18.8 Å². The highest BCUT2D eigenvalue weighted by Crippen LogP contribution is 2.54. The van der Waals surface area contributed by atoms with Crippen molar-refractivity contribution in [2.75, 3.05) is 6.61 Å². The summed E-state index contributed by atoms with van der Waals surface area (Å²) in [7, 11) is -2.48. The molecule has 0 N–H and O–H groups in total. The number of ether oxygens (including phenoxy) is 1. The Morgan fingerprint density at radius 1 is 1.00 bits per heavy atom. The van der Waals surface area contributed by atoms with Crippen molar-refractivity contribution in [1.29, 1.82) is 0 Å². The SMILES string of the molecule is CCCCCCCC(=O)C[C@H]1C=C[C@@H]2O[Si](C(C)(C)C)(C(C)(C)C)OC[C@H]2O1. The number of hydrogen-bond donors (Lipinski definition) is 0. The van der Waals surface area contributed by atoms with Crippen molar-refractivity contribution in [2.24, 2.45) is 0 Å². The van der Waals surface area contributed by atoms with Gasteiger partial charge in [0.2, 0.25) is 0 Å². The Kier molecular flexibility index (Phi) is 8.11. The minimum Gasteiger partial charge on any atom is -0.391 e. The Bertz CT molecular complexity index is 530. The minimum absolute atomic E-state index is 0.0331. The monoisotopic (exact) mass is 410 g/mol. The van der Waals surface area contributed by atoms with E-state index in [0.717, 1.165) is 12.8 Å². The summed E-state index contributed by atoms with van der Waals surface area (Å²) in [6.45, 7) is 16.1. The molecule has 0 unspecified atom stereocenters. The summed E-state index contributed by atoms with van der Waals surface area (Å²) < 4.78 is 19.4. The van der Waals surface area contributed by atoms with Gasteiger partial charge in [0.25, 0.3) is 0 Å². The third-order valence-corrected chi connectivity index (χ3v) is 11.1. The minimum atomic E-state index is -2.48. The maximum atomic E-state index is 12.3. The van der Waals surface area contributed by atoms with E-state index in [2.05, 4.69) is 54.5 Å². The van der Waals surface area contributed by atoms with Crippen molar-refractivity contribution in [2.45, 2.75) is 122 Å². The summed E-state index contributed by atoms with van der Waals surface area (Å²) >= 11 is 0. The van der Waals surface area contributed by atoms with Crippen molar-refractivity contribution < 1.29 is 18.4 Å². The molecule has 3 atom stereocenters. The Labute approximate surface area is 173 Å². The van der Waals surface area contributed by atoms with Crippen LogP contribution in [0.25, 0.3) is 0 Å². The second-order valence-electron chi connectivity index (χ2n) is 10.5. The van der Waals surface area contributed by atoms with E-state index in [9.17, 15) is 4.79 Å². The van der Waals surface area contributed by atoms with Gasteiger partial charge in [0.15, 0.2) is 0 Å². The number of fused-ring (bicyclic) bond motifs is 1. The van der Waals surface area contributed by atoms with E-state index >= 15 is 0 Å². The molecule has 2 aliphatic rings. The van der Waals surface area contributed by atoms with Crippen molar-refractivity contribution in [3.63, 3.8) is 0 Å². The molecule has 28 heavy (non-hydrogen) atoms. The van der Waals surface area contributed by atoms with Crippen molar-refractivity contribution in [3.8, 4) is 0 Å². The molecule has 162 valence electrons. The molecule has 0 aromatic heterocycles. The summed E-state index contributed by atoms with van der Waals surface area (Å²) in [6.07, 6.45) is 10.8. The molecule has 5 heteroatoms. The average Bonchev–Trinajstić information content (AvgIpc) is 2.59. The van der Waals surface area contributed by atoms with Crippen LogP contribution in [0.1, 0.15) is 93.4 Å². The third-order valence-electron chi connectivity index (χ3n) is 5.95. The lowest BCUT2D eigenvalue weighted by Crippen LogP contribution is -2.65. The maximum absolute atomic E-state index is 12.3. The third kappa shape index (κ3) is 5.56. The van der Waals surface area contributed by atoms with Gasteiger partial charge in [-0.05, 0) is 6.42 Å². The predicted molar refractivity (Wildman–Crippen MR) is 117 cm³/mol. The van der Waals surface area contributed by atoms with Gasteiger partial charge in [-0.3, -0.25) is 4.79 Å². The second-order valence-corrected chi connectivity index (χ2v) is 15.3. The summed E-state index contributed by atoms with van der Waals surface area (Å²) in [6, 6.07) is 0. The number of Topliss-reactive ketones (excluding diaryl/α,β-unsaturated/α-hetero) is 1. The van der Waals surface area contributed by atoms with E-state index < -0.39 is 8.56 Å². The molecule has 0 radical (unpaired) electrons. The Morgan fingerprint density at radius 2 is 1.64 bits per heavy atom. The van der Waals surface area contributed by atoms with Crippen LogP contribution in [0.4, 0.5) is 0 Å². The predicted octanol–water partition coefficient (Wildman–Crippen LogP) is 6.09. The van der Waals surface area contributed by atoms with Crippen LogP contribution in [0.5, 0.6) is 0 Å². The van der Waals surface area contributed by atoms with Crippen LogP contribution in [0, 0.1) is 0 Å². The molecule has 2 rings (SSSR count). The summed E-state index contributed by atoms with van der Waals surface area (Å²) in [5, 5.41) is -0.0662. The van der Waals surface area contributed by atoms with Crippen LogP contribution in [0.3, 0.4) is 0 Å². The molecular weight excluding hydrogens is 368 g/mol. The number of ketones is 1. The molecule has 0 spiro atoms. The highest BCUT2D eigenvalue weighted by Gasteiger charge is 2.62. The Balaban J connectivity index is 1.92. The van der Waals surface area contributed by atoms with E-state index in [1.807, 2.05) is 6.08 Å². The van der Waals surface area contributed by atoms with E-state index in [-0.39, 0.29) is 28.4 Å². The Hall–Kier alpha value is -0.493. The lowest BCUT2D eigenvalue weighted by atomic mass is 10.0. The maximum Gasteiger partial charge on any atom is 0.349 e. The lowest BCUT2D eigenvalue weighted by molar-refractivity contribution is -0.132. The first kappa shape index (κ1) is 23.8. The first-order valence-corrected chi connectivity index (χ1v) is 13.0. The van der Waals surface area contributed by atoms with Gasteiger partial charge < -0.3 is 13.6 Å². The van der Waals surface area contributed by atoms with Crippen molar-refractivity contribution in [3.05, 3.63) is 12.2 Å². The van der Waals surface area contributed by atoms with Crippen LogP contribution in [-0.2, 0) is 18.4 Å². The number of hydrogen-bond acceptors (Lipinski definition) is 4. The largest absolute Gasteiger partial charge is 0.391 e. The van der Waals surface area contributed by atoms with Gasteiger partial charge in [-0.2, -0.15) is 0 Å². The number of rotatable bonds is 8. The molecule has 4 nitrogen and oxygen atoms in total. The normalized spacial score (nSPS) is 27.5. The molecule has 1 fully saturated rings. The summed E-state index contributed by atoms with van der Waals surface area (Å²) in [5.74, 6) is 0.301. The van der Waals surface area contributed by atoms with E-state index in [0.29, 0.717) is 25.2 Å². The van der Waals surface area contributed by atoms with Gasteiger partial charge in [0.1, 0.15) is 11.9 Å². The standard InChI is InChI=1S/C23H42O4Si/c1-8-9-10-11-12-13-18(24)16-19-14-15-20-21(26-19)17-25-28(27-20,22(2,3)4)23(5,6)7/h14-15,19-21H,8-13,16-17H2,1-7H3/t19-,20+,21-/m1/s1. The quantitative estimate of drug-likeness (QED) is 0.276. The second kappa shape index (κ2) is 9.54. The number of unbranched alkanes of at least 4 members (excludes halogenated alkanes) is 4. The zero-order valence-corrected chi connectivity index (χ0v) is 20.2. The molecule has 2 heterocycles. The van der Waals surface area contributed by atoms with Gasteiger partial charge >= 0.3 is 8.56 Å². The average molecular weight is 411 g/mol. The van der Waals surface area contributed by atoms with E-state index in [1.165, 1.54) is 19.3 Å². The zero-order chi connectivity index (χ0) is 21.0. The first-order valence-electron chi connectivity index (χ1n) is 11.2. The summed E-state index contributed by atoms with van der Waals surface area (Å²) in [4.78, 5) is 12.3. The van der Waals surface area contributed by atoms with E-state index in [1.54, 1.807) is 0 Å². The summed E-state index contributed by atoms with van der Waals surface area (Å²) in [5.41, 5.74) is 0. The fourth-order valence-electron chi connectivity index (χ4n) is 4.66. The molecule has 0 amide bonds. The smallest absolute Gasteiger partial charge is 0.349 e. The number of carbonyl (C=O) groups is 1. The highest BCUT2D eigenvalue weighted by atomic mass is 28.4. The molecule has 0 saturated carbocycles. The lowest BCUT2D eigenvalue weighted by Gasteiger charge is -2.55. The molecule has 2 aliphatic heterocycles. The Morgan fingerprint density at radius 3 is 2.25 bits per heavy atom. The molecule has 0 aliphatic carbocycles. The van der Waals surface area contributed by atoms with Crippen LogP contribution >= 0.6 is 0 Å². The van der Waals surface area contributed by atoms with E-state index in [4.69, 9.17) is 13.6 Å². The van der Waals surface area contributed by atoms with Gasteiger partial charge in [-0.1, -0.05) is 86.3 Å². The van der Waals surface area contributed by atoms with Crippen LogP contribution < -0.4 is 0 Å². The molecule has 0 aromatic rings. The first-order chi connectivity index (χ1) is 13.0. The van der Waals surface area contributed by atoms with Crippen LogP contribution in [0.2, 0.25) is 10.1 Å². The highest BCUT2D eigenvalue weighted by molar-refractivity contribution is 6.73. The topological polar surface area (TPSA) is 44.8 Å². The fourth-order valence-corrected chi connectivity index (χ4v) is 9.56. The van der Waals surface area contributed by atoms with Gasteiger partial charge in [-0.15, -0.1) is 0 Å². The van der Waals surface area contributed by atoms with Crippen LogP contribution in [-0.4, -0.2) is 39.3 Å².